The molecule has 1 aromatic rings. The first-order valence-electron chi connectivity index (χ1n) is 4.43. The Morgan fingerprint density at radius 1 is 1.44 bits per heavy atom. The third-order valence-electron chi connectivity index (χ3n) is 1.88. The summed E-state index contributed by atoms with van der Waals surface area (Å²) in [4.78, 5) is 0.283. The molecule has 0 saturated heterocycles. The molecule has 0 atom stereocenters. The van der Waals surface area contributed by atoms with Crippen LogP contribution in [0.4, 0.5) is 0 Å². The fourth-order valence-corrected chi connectivity index (χ4v) is 2.96. The molecule has 7 heteroatoms. The van der Waals surface area contributed by atoms with Crippen LogP contribution in [0.15, 0.2) is 27.6 Å². The van der Waals surface area contributed by atoms with E-state index in [0.29, 0.717) is 5.56 Å². The van der Waals surface area contributed by atoms with Gasteiger partial charge in [-0.25, -0.2) is 13.1 Å². The summed E-state index contributed by atoms with van der Waals surface area (Å²) in [5.41, 5.74) is 5.96. The van der Waals surface area contributed by atoms with Crippen molar-refractivity contribution < 1.29 is 8.42 Å². The van der Waals surface area contributed by atoms with Crippen LogP contribution in [0.25, 0.3) is 0 Å². The summed E-state index contributed by atoms with van der Waals surface area (Å²) in [7, 11) is -3.44. The SMILES string of the molecule is Cc1ccc(Br)cc1S(=O)(=O)NCCN.Cl. The predicted molar refractivity (Wildman–Crippen MR) is 70.4 cm³/mol. The van der Waals surface area contributed by atoms with E-state index in [-0.39, 0.29) is 30.4 Å². The van der Waals surface area contributed by atoms with Crippen LogP contribution in [0.2, 0.25) is 0 Å². The van der Waals surface area contributed by atoms with Crippen molar-refractivity contribution in [2.75, 3.05) is 13.1 Å². The number of rotatable bonds is 4. The standard InChI is InChI=1S/C9H13BrN2O2S.ClH/c1-7-2-3-8(10)6-9(7)15(13,14)12-5-4-11;/h2-3,6,12H,4-5,11H2,1H3;1H. The third kappa shape index (κ3) is 4.03. The molecular formula is C9H14BrClN2O2S. The molecular weight excluding hydrogens is 316 g/mol. The van der Waals surface area contributed by atoms with Gasteiger partial charge in [-0.3, -0.25) is 0 Å². The largest absolute Gasteiger partial charge is 0.329 e. The highest BCUT2D eigenvalue weighted by molar-refractivity contribution is 9.10. The monoisotopic (exact) mass is 328 g/mol. The normalized spacial score (nSPS) is 10.9. The van der Waals surface area contributed by atoms with Crippen LogP contribution in [0, 0.1) is 6.92 Å². The molecule has 1 aromatic carbocycles. The maximum atomic E-state index is 11.8. The second-order valence-corrected chi connectivity index (χ2v) is 5.75. The summed E-state index contributed by atoms with van der Waals surface area (Å²) in [6.07, 6.45) is 0. The number of nitrogens with two attached hydrogens (primary N) is 1. The molecule has 0 aromatic heterocycles. The van der Waals surface area contributed by atoms with Gasteiger partial charge in [0.1, 0.15) is 0 Å². The quantitative estimate of drug-likeness (QED) is 0.877. The number of benzene rings is 1. The Balaban J connectivity index is 0.00000225. The van der Waals surface area contributed by atoms with Crippen molar-refractivity contribution >= 4 is 38.4 Å². The first-order valence-corrected chi connectivity index (χ1v) is 6.71. The molecule has 0 spiro atoms. The third-order valence-corrected chi connectivity index (χ3v) is 3.97. The number of hydrogen-bond acceptors (Lipinski definition) is 3. The topological polar surface area (TPSA) is 72.2 Å². The minimum Gasteiger partial charge on any atom is -0.329 e. The Bertz CT molecular complexity index is 451. The molecule has 3 N–H and O–H groups in total. The summed E-state index contributed by atoms with van der Waals surface area (Å²) < 4.78 is 26.7. The molecule has 0 fully saturated rings. The van der Waals surface area contributed by atoms with Crippen LogP contribution in [0.1, 0.15) is 5.56 Å². The molecule has 0 heterocycles. The molecule has 0 amide bonds. The summed E-state index contributed by atoms with van der Waals surface area (Å²) in [6, 6.07) is 5.13. The molecule has 0 saturated carbocycles. The van der Waals surface area contributed by atoms with Crippen LogP contribution in [0.3, 0.4) is 0 Å². The van der Waals surface area contributed by atoms with E-state index >= 15 is 0 Å². The van der Waals surface area contributed by atoms with Crippen molar-refractivity contribution in [3.63, 3.8) is 0 Å². The average molecular weight is 330 g/mol. The summed E-state index contributed by atoms with van der Waals surface area (Å²) in [6.45, 7) is 2.28. The van der Waals surface area contributed by atoms with Crippen LogP contribution in [0.5, 0.6) is 0 Å². The molecule has 4 nitrogen and oxygen atoms in total. The predicted octanol–water partition coefficient (Wildman–Crippen LogP) is 1.42. The van der Waals surface area contributed by atoms with E-state index in [1.165, 1.54) is 0 Å². The van der Waals surface area contributed by atoms with E-state index in [4.69, 9.17) is 5.73 Å². The fraction of sp³-hybridized carbons (Fsp3) is 0.333. The van der Waals surface area contributed by atoms with Crippen molar-refractivity contribution in [3.8, 4) is 0 Å². The van der Waals surface area contributed by atoms with Gasteiger partial charge >= 0.3 is 0 Å². The Kier molecular flexibility index (Phi) is 6.50. The van der Waals surface area contributed by atoms with E-state index in [1.54, 1.807) is 25.1 Å². The molecule has 0 bridgehead atoms. The molecule has 16 heavy (non-hydrogen) atoms. The number of hydrogen-bond donors (Lipinski definition) is 2. The lowest BCUT2D eigenvalue weighted by Gasteiger charge is -2.08. The highest BCUT2D eigenvalue weighted by Crippen LogP contribution is 2.20. The van der Waals surface area contributed by atoms with Crippen molar-refractivity contribution in [1.29, 1.82) is 0 Å². The first-order chi connectivity index (χ1) is 6.97. The van der Waals surface area contributed by atoms with Crippen molar-refractivity contribution in [3.05, 3.63) is 28.2 Å². The minimum absolute atomic E-state index is 0. The van der Waals surface area contributed by atoms with Gasteiger partial charge in [0.05, 0.1) is 4.90 Å². The zero-order chi connectivity index (χ0) is 11.5. The molecule has 0 aliphatic rings. The minimum atomic E-state index is -3.44. The van der Waals surface area contributed by atoms with Gasteiger partial charge in [0.15, 0.2) is 0 Å². The van der Waals surface area contributed by atoms with Crippen LogP contribution >= 0.6 is 28.3 Å². The van der Waals surface area contributed by atoms with Gasteiger partial charge in [0, 0.05) is 17.6 Å². The van der Waals surface area contributed by atoms with Crippen molar-refractivity contribution in [2.45, 2.75) is 11.8 Å². The highest BCUT2D eigenvalue weighted by atomic mass is 79.9. The van der Waals surface area contributed by atoms with Gasteiger partial charge in [-0.1, -0.05) is 22.0 Å². The number of sulfonamides is 1. The Morgan fingerprint density at radius 3 is 2.62 bits per heavy atom. The van der Waals surface area contributed by atoms with E-state index in [2.05, 4.69) is 20.7 Å². The molecule has 0 radical (unpaired) electrons. The smallest absolute Gasteiger partial charge is 0.240 e. The van der Waals surface area contributed by atoms with E-state index in [1.807, 2.05) is 0 Å². The molecule has 0 unspecified atom stereocenters. The van der Waals surface area contributed by atoms with E-state index in [0.717, 1.165) is 4.47 Å². The van der Waals surface area contributed by atoms with E-state index in [9.17, 15) is 8.42 Å². The van der Waals surface area contributed by atoms with Crippen molar-refractivity contribution in [1.82, 2.24) is 4.72 Å². The fourth-order valence-electron chi connectivity index (χ4n) is 1.13. The average Bonchev–Trinajstić information content (AvgIpc) is 2.18. The molecule has 0 aliphatic heterocycles. The summed E-state index contributed by atoms with van der Waals surface area (Å²) in [5.74, 6) is 0. The number of halogens is 2. The highest BCUT2D eigenvalue weighted by Gasteiger charge is 2.15. The maximum absolute atomic E-state index is 11.8. The van der Waals surface area contributed by atoms with Gasteiger partial charge in [-0.15, -0.1) is 12.4 Å². The second kappa shape index (κ2) is 6.56. The van der Waals surface area contributed by atoms with Gasteiger partial charge < -0.3 is 5.73 Å². The number of nitrogens with one attached hydrogen (secondary N) is 1. The van der Waals surface area contributed by atoms with Gasteiger partial charge in [-0.2, -0.15) is 0 Å². The summed E-state index contributed by atoms with van der Waals surface area (Å²) in [5, 5.41) is 0. The first kappa shape index (κ1) is 15.9. The van der Waals surface area contributed by atoms with Gasteiger partial charge in [0.25, 0.3) is 0 Å². The molecule has 92 valence electrons. The summed E-state index contributed by atoms with van der Waals surface area (Å²) >= 11 is 3.24. The van der Waals surface area contributed by atoms with Crippen LogP contribution < -0.4 is 10.5 Å². The Hall–Kier alpha value is -0.140. The van der Waals surface area contributed by atoms with Crippen molar-refractivity contribution in [2.24, 2.45) is 5.73 Å². The molecule has 0 aliphatic carbocycles. The lowest BCUT2D eigenvalue weighted by atomic mass is 10.2. The van der Waals surface area contributed by atoms with Gasteiger partial charge in [0.2, 0.25) is 10.0 Å². The number of aryl methyl sites for hydroxylation is 1. The van der Waals surface area contributed by atoms with E-state index < -0.39 is 10.0 Å². The second-order valence-electron chi connectivity index (χ2n) is 3.10. The van der Waals surface area contributed by atoms with Crippen LogP contribution in [-0.2, 0) is 10.0 Å². The maximum Gasteiger partial charge on any atom is 0.240 e. The Morgan fingerprint density at radius 2 is 2.06 bits per heavy atom. The van der Waals surface area contributed by atoms with Gasteiger partial charge in [-0.05, 0) is 24.6 Å². The molecule has 1 rings (SSSR count). The van der Waals surface area contributed by atoms with Crippen LogP contribution in [-0.4, -0.2) is 21.5 Å². The zero-order valence-electron chi connectivity index (χ0n) is 8.73. The Labute approximate surface area is 110 Å². The lowest BCUT2D eigenvalue weighted by molar-refractivity contribution is 0.581. The zero-order valence-corrected chi connectivity index (χ0v) is 12.0. The lowest BCUT2D eigenvalue weighted by Crippen LogP contribution is -2.29.